The molecule has 3 rings (SSSR count). The smallest absolute Gasteiger partial charge is 0.229 e. The zero-order chi connectivity index (χ0) is 16.6. The van der Waals surface area contributed by atoms with Crippen molar-refractivity contribution < 1.29 is 9.32 Å². The van der Waals surface area contributed by atoms with Gasteiger partial charge in [-0.2, -0.15) is 5.10 Å². The number of carbonyl (C=O) groups is 1. The lowest BCUT2D eigenvalue weighted by atomic mass is 10.1. The maximum Gasteiger partial charge on any atom is 0.229 e. The number of anilines is 1. The predicted octanol–water partition coefficient (Wildman–Crippen LogP) is 2.64. The van der Waals surface area contributed by atoms with E-state index in [-0.39, 0.29) is 18.2 Å². The van der Waals surface area contributed by atoms with Gasteiger partial charge in [-0.3, -0.25) is 4.79 Å². The molecule has 1 N–H and O–H groups in total. The van der Waals surface area contributed by atoms with Crippen LogP contribution in [0.1, 0.15) is 42.6 Å². The summed E-state index contributed by atoms with van der Waals surface area (Å²) in [6, 6.07) is 3.65. The number of aromatic nitrogens is 4. The summed E-state index contributed by atoms with van der Waals surface area (Å²) in [6.45, 7) is 7.69. The van der Waals surface area contributed by atoms with E-state index in [9.17, 15) is 4.79 Å². The minimum atomic E-state index is -0.137. The van der Waals surface area contributed by atoms with Gasteiger partial charge < -0.3 is 9.84 Å². The molecule has 3 aromatic heterocycles. The molecule has 0 saturated carbocycles. The second kappa shape index (κ2) is 5.83. The summed E-state index contributed by atoms with van der Waals surface area (Å²) >= 11 is 0. The van der Waals surface area contributed by atoms with Crippen molar-refractivity contribution in [3.8, 4) is 0 Å². The average Bonchev–Trinajstić information content (AvgIpc) is 3.07. The van der Waals surface area contributed by atoms with Gasteiger partial charge in [-0.25, -0.2) is 9.50 Å². The van der Waals surface area contributed by atoms with E-state index < -0.39 is 0 Å². The Kier molecular flexibility index (Phi) is 3.85. The molecule has 0 bridgehead atoms. The summed E-state index contributed by atoms with van der Waals surface area (Å²) in [5, 5.41) is 11.2. The van der Waals surface area contributed by atoms with Crippen LogP contribution in [0.25, 0.3) is 5.65 Å². The summed E-state index contributed by atoms with van der Waals surface area (Å²) in [7, 11) is 0. The van der Waals surface area contributed by atoms with Crippen molar-refractivity contribution in [3.63, 3.8) is 0 Å². The number of fused-ring (bicyclic) bond motifs is 1. The standard InChI is InChI=1S/C16H19N5O2/c1-9(2)15-18-16-13(6-5-7-21(16)19-15)17-14(22)8-12-10(3)20-23-11(12)4/h5-7,9H,8H2,1-4H3,(H,17,22). The number of amides is 1. The second-order valence-electron chi connectivity index (χ2n) is 5.84. The van der Waals surface area contributed by atoms with Crippen molar-refractivity contribution in [3.05, 3.63) is 41.2 Å². The van der Waals surface area contributed by atoms with E-state index in [1.807, 2.05) is 39.1 Å². The molecular weight excluding hydrogens is 294 g/mol. The molecule has 0 unspecified atom stereocenters. The molecule has 0 aliphatic carbocycles. The van der Waals surface area contributed by atoms with Gasteiger partial charge in [-0.15, -0.1) is 0 Å². The normalized spacial score (nSPS) is 11.3. The van der Waals surface area contributed by atoms with Crippen molar-refractivity contribution in [1.82, 2.24) is 19.8 Å². The Bertz CT molecular complexity index is 843. The Hall–Kier alpha value is -2.70. The van der Waals surface area contributed by atoms with Gasteiger partial charge in [0.2, 0.25) is 5.91 Å². The Morgan fingerprint density at radius 1 is 1.39 bits per heavy atom. The Morgan fingerprint density at radius 2 is 2.17 bits per heavy atom. The number of nitrogens with zero attached hydrogens (tertiary/aromatic N) is 4. The van der Waals surface area contributed by atoms with Crippen molar-refractivity contribution >= 4 is 17.2 Å². The zero-order valence-electron chi connectivity index (χ0n) is 13.6. The van der Waals surface area contributed by atoms with Crippen LogP contribution in [0.3, 0.4) is 0 Å². The van der Waals surface area contributed by atoms with Gasteiger partial charge in [0, 0.05) is 17.7 Å². The molecule has 3 aromatic rings. The zero-order valence-corrected chi connectivity index (χ0v) is 13.6. The third-order valence-electron chi connectivity index (χ3n) is 3.69. The number of hydrogen-bond acceptors (Lipinski definition) is 5. The molecule has 120 valence electrons. The van der Waals surface area contributed by atoms with Crippen LogP contribution in [-0.2, 0) is 11.2 Å². The molecule has 0 atom stereocenters. The monoisotopic (exact) mass is 313 g/mol. The SMILES string of the molecule is Cc1noc(C)c1CC(=O)Nc1cccn2nc(C(C)C)nc12. The van der Waals surface area contributed by atoms with E-state index in [0.29, 0.717) is 17.1 Å². The lowest BCUT2D eigenvalue weighted by Gasteiger charge is -2.05. The summed E-state index contributed by atoms with van der Waals surface area (Å²) in [4.78, 5) is 16.8. The van der Waals surface area contributed by atoms with Crippen molar-refractivity contribution in [2.75, 3.05) is 5.32 Å². The van der Waals surface area contributed by atoms with Gasteiger partial charge in [-0.05, 0) is 26.0 Å². The van der Waals surface area contributed by atoms with E-state index in [1.165, 1.54) is 0 Å². The molecular formula is C16H19N5O2. The quantitative estimate of drug-likeness (QED) is 0.800. The first-order chi connectivity index (χ1) is 11.0. The molecule has 0 saturated heterocycles. The van der Waals surface area contributed by atoms with Crippen LogP contribution < -0.4 is 5.32 Å². The highest BCUT2D eigenvalue weighted by atomic mass is 16.5. The molecule has 0 fully saturated rings. The van der Waals surface area contributed by atoms with Crippen molar-refractivity contribution in [1.29, 1.82) is 0 Å². The Labute approximate surface area is 133 Å². The highest BCUT2D eigenvalue weighted by Crippen LogP contribution is 2.19. The first-order valence-corrected chi connectivity index (χ1v) is 7.52. The Morgan fingerprint density at radius 3 is 2.83 bits per heavy atom. The number of aryl methyl sites for hydroxylation is 2. The topological polar surface area (TPSA) is 85.3 Å². The number of rotatable bonds is 4. The van der Waals surface area contributed by atoms with Crippen LogP contribution in [0.5, 0.6) is 0 Å². The molecule has 0 radical (unpaired) electrons. The predicted molar refractivity (Wildman–Crippen MR) is 85.4 cm³/mol. The molecule has 0 spiro atoms. The van der Waals surface area contributed by atoms with Crippen molar-refractivity contribution in [2.45, 2.75) is 40.0 Å². The maximum absolute atomic E-state index is 12.3. The van der Waals surface area contributed by atoms with E-state index in [2.05, 4.69) is 20.6 Å². The minimum absolute atomic E-state index is 0.137. The third kappa shape index (κ3) is 2.94. The number of nitrogens with one attached hydrogen (secondary N) is 1. The highest BCUT2D eigenvalue weighted by molar-refractivity contribution is 5.95. The van der Waals surface area contributed by atoms with Crippen LogP contribution >= 0.6 is 0 Å². The summed E-state index contributed by atoms with van der Waals surface area (Å²) in [5.41, 5.74) is 2.84. The first-order valence-electron chi connectivity index (χ1n) is 7.52. The molecule has 0 aromatic carbocycles. The van der Waals surface area contributed by atoms with Crippen LogP contribution in [0.15, 0.2) is 22.9 Å². The average molecular weight is 313 g/mol. The third-order valence-corrected chi connectivity index (χ3v) is 3.69. The van der Waals surface area contributed by atoms with Gasteiger partial charge in [0.15, 0.2) is 11.5 Å². The summed E-state index contributed by atoms with van der Waals surface area (Å²) < 4.78 is 6.77. The van der Waals surface area contributed by atoms with E-state index in [1.54, 1.807) is 11.4 Å². The molecule has 3 heterocycles. The highest BCUT2D eigenvalue weighted by Gasteiger charge is 2.16. The van der Waals surface area contributed by atoms with Gasteiger partial charge in [-0.1, -0.05) is 19.0 Å². The molecule has 0 aliphatic heterocycles. The molecule has 1 amide bonds. The Balaban J connectivity index is 1.85. The summed E-state index contributed by atoms with van der Waals surface area (Å²) in [6.07, 6.45) is 2.03. The molecule has 0 aliphatic rings. The van der Waals surface area contributed by atoms with Crippen LogP contribution in [0, 0.1) is 13.8 Å². The fourth-order valence-corrected chi connectivity index (χ4v) is 2.37. The second-order valence-corrected chi connectivity index (χ2v) is 5.84. The molecule has 7 nitrogen and oxygen atoms in total. The molecule has 23 heavy (non-hydrogen) atoms. The van der Waals surface area contributed by atoms with E-state index >= 15 is 0 Å². The van der Waals surface area contributed by atoms with Crippen LogP contribution in [-0.4, -0.2) is 25.7 Å². The lowest BCUT2D eigenvalue weighted by Crippen LogP contribution is -2.16. The summed E-state index contributed by atoms with van der Waals surface area (Å²) in [5.74, 6) is 1.50. The van der Waals surface area contributed by atoms with Gasteiger partial charge >= 0.3 is 0 Å². The van der Waals surface area contributed by atoms with Gasteiger partial charge in [0.05, 0.1) is 17.8 Å². The van der Waals surface area contributed by atoms with E-state index in [4.69, 9.17) is 4.52 Å². The fourth-order valence-electron chi connectivity index (χ4n) is 2.37. The molecule has 7 heteroatoms. The van der Waals surface area contributed by atoms with Crippen LogP contribution in [0.2, 0.25) is 0 Å². The number of pyridine rings is 1. The van der Waals surface area contributed by atoms with Crippen LogP contribution in [0.4, 0.5) is 5.69 Å². The van der Waals surface area contributed by atoms with E-state index in [0.717, 1.165) is 17.1 Å². The van der Waals surface area contributed by atoms with Crippen molar-refractivity contribution in [2.24, 2.45) is 0 Å². The number of hydrogen-bond donors (Lipinski definition) is 1. The van der Waals surface area contributed by atoms with Gasteiger partial charge in [0.25, 0.3) is 0 Å². The minimum Gasteiger partial charge on any atom is -0.361 e. The number of carbonyl (C=O) groups excluding carboxylic acids is 1. The van der Waals surface area contributed by atoms with Gasteiger partial charge in [0.1, 0.15) is 5.76 Å². The largest absolute Gasteiger partial charge is 0.361 e. The lowest BCUT2D eigenvalue weighted by molar-refractivity contribution is -0.115. The fraction of sp³-hybridized carbons (Fsp3) is 0.375. The maximum atomic E-state index is 12.3. The first kappa shape index (κ1) is 15.2.